The van der Waals surface area contributed by atoms with E-state index in [2.05, 4.69) is 15.0 Å². The Morgan fingerprint density at radius 3 is 2.54 bits per heavy atom. The number of aryl methyl sites for hydroxylation is 1. The van der Waals surface area contributed by atoms with Gasteiger partial charge in [-0.2, -0.15) is 4.98 Å². The zero-order chi connectivity index (χ0) is 16.9. The number of ether oxygens (including phenoxy) is 1. The van der Waals surface area contributed by atoms with Gasteiger partial charge in [0.1, 0.15) is 17.3 Å². The highest BCUT2D eigenvalue weighted by Crippen LogP contribution is 2.20. The Morgan fingerprint density at radius 2 is 1.88 bits per heavy atom. The van der Waals surface area contributed by atoms with E-state index in [0.717, 1.165) is 22.8 Å². The van der Waals surface area contributed by atoms with Crippen molar-refractivity contribution in [1.29, 1.82) is 0 Å². The van der Waals surface area contributed by atoms with Gasteiger partial charge in [0.15, 0.2) is 0 Å². The first-order valence-corrected chi connectivity index (χ1v) is 7.93. The number of nitrogens with zero attached hydrogens (tertiary/aromatic N) is 3. The van der Waals surface area contributed by atoms with Crippen LogP contribution in [-0.2, 0) is 13.1 Å². The van der Waals surface area contributed by atoms with Crippen LogP contribution in [0.5, 0.6) is 5.75 Å². The predicted molar refractivity (Wildman–Crippen MR) is 89.5 cm³/mol. The smallest absolute Gasteiger partial charge is 0.241 e. The number of furan rings is 1. The fourth-order valence-electron chi connectivity index (χ4n) is 2.43. The summed E-state index contributed by atoms with van der Waals surface area (Å²) in [6, 6.07) is 11.6. The first-order chi connectivity index (χ1) is 11.6. The Balaban J connectivity index is 1.62. The molecule has 0 aliphatic carbocycles. The largest absolute Gasteiger partial charge is 0.494 e. The van der Waals surface area contributed by atoms with Crippen molar-refractivity contribution in [2.45, 2.75) is 26.9 Å². The third-order valence-electron chi connectivity index (χ3n) is 3.52. The molecule has 0 aliphatic heterocycles. The van der Waals surface area contributed by atoms with Gasteiger partial charge >= 0.3 is 0 Å². The van der Waals surface area contributed by atoms with E-state index in [0.29, 0.717) is 31.4 Å². The van der Waals surface area contributed by atoms with Crippen LogP contribution in [0.15, 0.2) is 45.3 Å². The zero-order valence-corrected chi connectivity index (χ0v) is 14.2. The van der Waals surface area contributed by atoms with E-state index in [1.54, 1.807) is 0 Å². The molecule has 0 bridgehead atoms. The molecule has 24 heavy (non-hydrogen) atoms. The maximum atomic E-state index is 5.58. The fourth-order valence-corrected chi connectivity index (χ4v) is 2.43. The molecule has 0 amide bonds. The molecule has 0 radical (unpaired) electrons. The number of aromatic nitrogens is 2. The molecule has 2 heterocycles. The molecule has 3 aromatic rings. The second-order valence-electron chi connectivity index (χ2n) is 5.65. The lowest BCUT2D eigenvalue weighted by atomic mass is 10.2. The summed E-state index contributed by atoms with van der Waals surface area (Å²) in [6.07, 6.45) is 0. The second kappa shape index (κ2) is 7.31. The van der Waals surface area contributed by atoms with Gasteiger partial charge in [0, 0.05) is 5.56 Å². The molecular formula is C18H21N3O3. The van der Waals surface area contributed by atoms with E-state index in [9.17, 15) is 0 Å². The first kappa shape index (κ1) is 16.3. The maximum absolute atomic E-state index is 5.58. The van der Waals surface area contributed by atoms with Crippen molar-refractivity contribution in [2.24, 2.45) is 0 Å². The van der Waals surface area contributed by atoms with Crippen LogP contribution in [0.1, 0.15) is 24.3 Å². The van der Waals surface area contributed by atoms with Crippen LogP contribution in [0.4, 0.5) is 0 Å². The summed E-state index contributed by atoms with van der Waals surface area (Å²) in [5.41, 5.74) is 0.901. The molecule has 0 atom stereocenters. The summed E-state index contributed by atoms with van der Waals surface area (Å²) in [5, 5.41) is 4.05. The highest BCUT2D eigenvalue weighted by Gasteiger charge is 2.12. The van der Waals surface area contributed by atoms with Crippen LogP contribution in [0.3, 0.4) is 0 Å². The molecule has 0 N–H and O–H groups in total. The Hall–Kier alpha value is -2.60. The topological polar surface area (TPSA) is 64.5 Å². The van der Waals surface area contributed by atoms with Crippen LogP contribution >= 0.6 is 0 Å². The Bertz CT molecular complexity index is 777. The molecule has 0 fully saturated rings. The van der Waals surface area contributed by atoms with Crippen LogP contribution in [-0.4, -0.2) is 28.7 Å². The highest BCUT2D eigenvalue weighted by atomic mass is 16.5. The molecule has 6 heteroatoms. The second-order valence-corrected chi connectivity index (χ2v) is 5.65. The fraction of sp³-hybridized carbons (Fsp3) is 0.333. The lowest BCUT2D eigenvalue weighted by Gasteiger charge is -2.11. The molecule has 0 aliphatic rings. The van der Waals surface area contributed by atoms with Gasteiger partial charge < -0.3 is 13.7 Å². The van der Waals surface area contributed by atoms with Crippen molar-refractivity contribution in [1.82, 2.24) is 15.0 Å². The summed E-state index contributed by atoms with van der Waals surface area (Å²) in [4.78, 5) is 6.52. The monoisotopic (exact) mass is 327 g/mol. The average molecular weight is 327 g/mol. The summed E-state index contributed by atoms with van der Waals surface area (Å²) in [5.74, 6) is 3.81. The van der Waals surface area contributed by atoms with E-state index in [4.69, 9.17) is 13.7 Å². The van der Waals surface area contributed by atoms with Gasteiger partial charge in [-0.15, -0.1) is 0 Å². The molecule has 1 aromatic carbocycles. The molecule has 6 nitrogen and oxygen atoms in total. The van der Waals surface area contributed by atoms with E-state index >= 15 is 0 Å². The lowest BCUT2D eigenvalue weighted by molar-refractivity contribution is 0.243. The van der Waals surface area contributed by atoms with Crippen molar-refractivity contribution < 1.29 is 13.7 Å². The Morgan fingerprint density at radius 1 is 1.08 bits per heavy atom. The first-order valence-electron chi connectivity index (χ1n) is 7.93. The molecule has 0 spiro atoms. The summed E-state index contributed by atoms with van der Waals surface area (Å²) in [6.45, 7) is 5.79. The quantitative estimate of drug-likeness (QED) is 0.660. The number of benzene rings is 1. The number of hydrogen-bond acceptors (Lipinski definition) is 6. The van der Waals surface area contributed by atoms with Gasteiger partial charge in [0.05, 0.1) is 19.7 Å². The van der Waals surface area contributed by atoms with E-state index in [-0.39, 0.29) is 0 Å². The maximum Gasteiger partial charge on any atom is 0.241 e. The minimum absolute atomic E-state index is 0.559. The van der Waals surface area contributed by atoms with Gasteiger partial charge in [-0.05, 0) is 57.3 Å². The van der Waals surface area contributed by atoms with Crippen molar-refractivity contribution in [3.05, 3.63) is 53.8 Å². The van der Waals surface area contributed by atoms with E-state index in [1.807, 2.05) is 57.3 Å². The van der Waals surface area contributed by atoms with Crippen molar-refractivity contribution in [2.75, 3.05) is 13.7 Å². The Kier molecular flexibility index (Phi) is 4.96. The molecule has 0 saturated heterocycles. The lowest BCUT2D eigenvalue weighted by Crippen LogP contribution is -2.17. The van der Waals surface area contributed by atoms with Crippen LogP contribution < -0.4 is 4.74 Å². The van der Waals surface area contributed by atoms with Crippen molar-refractivity contribution >= 4 is 0 Å². The molecule has 126 valence electrons. The predicted octanol–water partition coefficient (Wildman–Crippen LogP) is 3.67. The average Bonchev–Trinajstić information content (AvgIpc) is 3.18. The Labute approximate surface area is 141 Å². The third kappa shape index (κ3) is 4.02. The molecule has 0 unspecified atom stereocenters. The molecule has 3 rings (SSSR count). The van der Waals surface area contributed by atoms with Gasteiger partial charge in [-0.25, -0.2) is 0 Å². The normalized spacial score (nSPS) is 11.2. The number of rotatable bonds is 7. The summed E-state index contributed by atoms with van der Waals surface area (Å²) in [7, 11) is 1.98. The minimum Gasteiger partial charge on any atom is -0.494 e. The minimum atomic E-state index is 0.559. The SMILES string of the molecule is CCOc1ccc(-c2noc(CN(C)Cc3ccc(C)o3)n2)cc1. The molecular weight excluding hydrogens is 306 g/mol. The van der Waals surface area contributed by atoms with E-state index < -0.39 is 0 Å². The highest BCUT2D eigenvalue weighted by molar-refractivity contribution is 5.55. The van der Waals surface area contributed by atoms with Crippen LogP contribution in [0.2, 0.25) is 0 Å². The van der Waals surface area contributed by atoms with Gasteiger partial charge in [0.25, 0.3) is 0 Å². The molecule has 2 aromatic heterocycles. The van der Waals surface area contributed by atoms with Crippen molar-refractivity contribution in [3.63, 3.8) is 0 Å². The van der Waals surface area contributed by atoms with Crippen LogP contribution in [0.25, 0.3) is 11.4 Å². The van der Waals surface area contributed by atoms with Gasteiger partial charge in [-0.3, -0.25) is 4.90 Å². The van der Waals surface area contributed by atoms with Gasteiger partial charge in [-0.1, -0.05) is 5.16 Å². The third-order valence-corrected chi connectivity index (χ3v) is 3.52. The summed E-state index contributed by atoms with van der Waals surface area (Å²) >= 11 is 0. The number of hydrogen-bond donors (Lipinski definition) is 0. The van der Waals surface area contributed by atoms with E-state index in [1.165, 1.54) is 0 Å². The van der Waals surface area contributed by atoms with Gasteiger partial charge in [0.2, 0.25) is 11.7 Å². The molecule has 0 saturated carbocycles. The zero-order valence-electron chi connectivity index (χ0n) is 14.2. The standard InChI is InChI=1S/C18H21N3O3/c1-4-22-15-9-6-14(7-10-15)18-19-17(24-20-18)12-21(3)11-16-8-5-13(2)23-16/h5-10H,4,11-12H2,1-3H3. The summed E-state index contributed by atoms with van der Waals surface area (Å²) < 4.78 is 16.4. The van der Waals surface area contributed by atoms with Crippen molar-refractivity contribution in [3.8, 4) is 17.1 Å². The van der Waals surface area contributed by atoms with Crippen LogP contribution in [0, 0.1) is 6.92 Å².